The number of nitrogens with one attached hydrogen (secondary N) is 1. The van der Waals surface area contributed by atoms with E-state index >= 15 is 0 Å². The van der Waals surface area contributed by atoms with Gasteiger partial charge in [-0.25, -0.2) is 0 Å². The third-order valence-electron chi connectivity index (χ3n) is 2.91. The Balaban J connectivity index is 2.93. The van der Waals surface area contributed by atoms with Gasteiger partial charge in [-0.1, -0.05) is 0 Å². The van der Waals surface area contributed by atoms with Gasteiger partial charge in [0.05, 0.1) is 14.2 Å². The predicted molar refractivity (Wildman–Crippen MR) is 76.5 cm³/mol. The predicted octanol–water partition coefficient (Wildman–Crippen LogP) is 0.981. The second-order valence-electron chi connectivity index (χ2n) is 4.64. The zero-order valence-corrected chi connectivity index (χ0v) is 12.3. The Hall–Kier alpha value is -1.79. The van der Waals surface area contributed by atoms with Crippen molar-refractivity contribution in [2.45, 2.75) is 6.04 Å². The molecule has 0 bridgehead atoms. The van der Waals surface area contributed by atoms with Crippen LogP contribution in [0.4, 0.5) is 0 Å². The summed E-state index contributed by atoms with van der Waals surface area (Å²) in [5.41, 5.74) is 0.583. The Morgan fingerprint density at radius 2 is 2.05 bits per heavy atom. The van der Waals surface area contributed by atoms with E-state index in [2.05, 4.69) is 5.32 Å². The highest BCUT2D eigenvalue weighted by molar-refractivity contribution is 5.77. The van der Waals surface area contributed by atoms with E-state index in [0.29, 0.717) is 23.6 Å². The van der Waals surface area contributed by atoms with Crippen LogP contribution in [0.15, 0.2) is 18.2 Å². The molecule has 1 rings (SSSR count). The molecule has 1 aromatic carbocycles. The Morgan fingerprint density at radius 3 is 2.55 bits per heavy atom. The van der Waals surface area contributed by atoms with Crippen molar-refractivity contribution in [1.82, 2.24) is 10.2 Å². The maximum atomic E-state index is 11.4. The highest BCUT2D eigenvalue weighted by Crippen LogP contribution is 2.29. The highest BCUT2D eigenvalue weighted by Gasteiger charge is 2.23. The van der Waals surface area contributed by atoms with Gasteiger partial charge < -0.3 is 19.5 Å². The SMILES string of the molecule is COc1ccc(C(NCCN(C)C)C(=O)O)c(OC)c1. The molecule has 0 heterocycles. The lowest BCUT2D eigenvalue weighted by atomic mass is 10.1. The van der Waals surface area contributed by atoms with Crippen molar-refractivity contribution in [2.24, 2.45) is 0 Å². The number of benzene rings is 1. The number of carboxylic acid groups (broad SMARTS) is 1. The van der Waals surface area contributed by atoms with Gasteiger partial charge in [0, 0.05) is 24.7 Å². The number of hydrogen-bond acceptors (Lipinski definition) is 5. The number of nitrogens with zero attached hydrogens (tertiary/aromatic N) is 1. The Labute approximate surface area is 119 Å². The van der Waals surface area contributed by atoms with Crippen molar-refractivity contribution in [3.63, 3.8) is 0 Å². The molecular formula is C14H22N2O4. The summed E-state index contributed by atoms with van der Waals surface area (Å²) < 4.78 is 10.4. The summed E-state index contributed by atoms with van der Waals surface area (Å²) in [5, 5.41) is 12.4. The van der Waals surface area contributed by atoms with Gasteiger partial charge in [0.2, 0.25) is 0 Å². The molecule has 6 nitrogen and oxygen atoms in total. The molecule has 112 valence electrons. The number of aliphatic carboxylic acids is 1. The molecule has 0 saturated carbocycles. The minimum Gasteiger partial charge on any atom is -0.497 e. The van der Waals surface area contributed by atoms with Crippen molar-refractivity contribution in [3.8, 4) is 11.5 Å². The second kappa shape index (κ2) is 7.72. The van der Waals surface area contributed by atoms with Gasteiger partial charge in [-0.2, -0.15) is 0 Å². The minimum atomic E-state index is -0.938. The van der Waals surface area contributed by atoms with Gasteiger partial charge in [0.25, 0.3) is 0 Å². The van der Waals surface area contributed by atoms with Gasteiger partial charge in [-0.15, -0.1) is 0 Å². The third-order valence-corrected chi connectivity index (χ3v) is 2.91. The van der Waals surface area contributed by atoms with Crippen LogP contribution in [-0.2, 0) is 4.79 Å². The number of hydrogen-bond donors (Lipinski definition) is 2. The lowest BCUT2D eigenvalue weighted by molar-refractivity contribution is -0.139. The molecule has 0 aliphatic rings. The maximum Gasteiger partial charge on any atom is 0.325 e. The van der Waals surface area contributed by atoms with E-state index in [1.165, 1.54) is 7.11 Å². The molecule has 0 fully saturated rings. The molecule has 1 aromatic rings. The molecule has 6 heteroatoms. The molecule has 0 spiro atoms. The van der Waals surface area contributed by atoms with Crippen molar-refractivity contribution in [3.05, 3.63) is 23.8 Å². The summed E-state index contributed by atoms with van der Waals surface area (Å²) in [6.45, 7) is 1.32. The summed E-state index contributed by atoms with van der Waals surface area (Å²) in [4.78, 5) is 13.4. The van der Waals surface area contributed by atoms with Crippen molar-refractivity contribution in [1.29, 1.82) is 0 Å². The van der Waals surface area contributed by atoms with E-state index in [4.69, 9.17) is 9.47 Å². The summed E-state index contributed by atoms with van der Waals surface area (Å²) in [6.07, 6.45) is 0. The zero-order valence-electron chi connectivity index (χ0n) is 12.3. The fraction of sp³-hybridized carbons (Fsp3) is 0.500. The molecule has 0 aliphatic heterocycles. The summed E-state index contributed by atoms with van der Waals surface area (Å²) >= 11 is 0. The van der Waals surface area contributed by atoms with E-state index in [1.54, 1.807) is 25.3 Å². The zero-order chi connectivity index (χ0) is 15.1. The Kier molecular flexibility index (Phi) is 6.27. The molecule has 1 atom stereocenters. The molecule has 20 heavy (non-hydrogen) atoms. The number of methoxy groups -OCH3 is 2. The van der Waals surface area contributed by atoms with Gasteiger partial charge in [-0.3, -0.25) is 10.1 Å². The van der Waals surface area contributed by atoms with Gasteiger partial charge in [-0.05, 0) is 26.2 Å². The first-order valence-corrected chi connectivity index (χ1v) is 6.32. The fourth-order valence-electron chi connectivity index (χ4n) is 1.82. The van der Waals surface area contributed by atoms with Crippen LogP contribution in [0.2, 0.25) is 0 Å². The molecule has 0 aromatic heterocycles. The first-order chi connectivity index (χ1) is 9.49. The first-order valence-electron chi connectivity index (χ1n) is 6.32. The standard InChI is InChI=1S/C14H22N2O4/c1-16(2)8-7-15-13(14(17)18)11-6-5-10(19-3)9-12(11)20-4/h5-6,9,13,15H,7-8H2,1-4H3,(H,17,18). The van der Waals surface area contributed by atoms with Crippen LogP contribution in [0.3, 0.4) is 0 Å². The average Bonchev–Trinajstić information content (AvgIpc) is 2.42. The molecule has 0 aliphatic carbocycles. The molecule has 0 radical (unpaired) electrons. The molecule has 2 N–H and O–H groups in total. The van der Waals surface area contributed by atoms with Crippen LogP contribution in [-0.4, -0.2) is 57.4 Å². The van der Waals surface area contributed by atoms with Gasteiger partial charge >= 0.3 is 5.97 Å². The molecule has 1 unspecified atom stereocenters. The summed E-state index contributed by atoms with van der Waals surface area (Å²) in [7, 11) is 6.94. The van der Waals surface area contributed by atoms with Crippen LogP contribution in [0, 0.1) is 0 Å². The summed E-state index contributed by atoms with van der Waals surface area (Å²) in [5.74, 6) is 0.185. The number of ether oxygens (including phenoxy) is 2. The Bertz CT molecular complexity index is 449. The van der Waals surface area contributed by atoms with Crippen molar-refractivity contribution < 1.29 is 19.4 Å². The smallest absolute Gasteiger partial charge is 0.325 e. The number of carbonyl (C=O) groups is 1. The van der Waals surface area contributed by atoms with Gasteiger partial charge in [0.1, 0.15) is 17.5 Å². The third kappa shape index (κ3) is 4.40. The summed E-state index contributed by atoms with van der Waals surface area (Å²) in [6, 6.07) is 4.30. The fourth-order valence-corrected chi connectivity index (χ4v) is 1.82. The van der Waals surface area contributed by atoms with Crippen molar-refractivity contribution in [2.75, 3.05) is 41.4 Å². The Morgan fingerprint density at radius 1 is 1.35 bits per heavy atom. The number of carboxylic acids is 1. The monoisotopic (exact) mass is 282 g/mol. The lowest BCUT2D eigenvalue weighted by Crippen LogP contribution is -2.34. The minimum absolute atomic E-state index is 0.495. The van der Waals surface area contributed by atoms with E-state index in [-0.39, 0.29) is 0 Å². The molecule has 0 amide bonds. The normalized spacial score (nSPS) is 12.2. The maximum absolute atomic E-state index is 11.4. The number of rotatable bonds is 8. The topological polar surface area (TPSA) is 71.0 Å². The van der Waals surface area contributed by atoms with E-state index in [9.17, 15) is 9.90 Å². The largest absolute Gasteiger partial charge is 0.497 e. The lowest BCUT2D eigenvalue weighted by Gasteiger charge is -2.19. The average molecular weight is 282 g/mol. The van der Waals surface area contributed by atoms with Crippen LogP contribution in [0.25, 0.3) is 0 Å². The van der Waals surface area contributed by atoms with E-state index < -0.39 is 12.0 Å². The number of likely N-dealkylation sites (N-methyl/N-ethyl adjacent to an activating group) is 1. The van der Waals surface area contributed by atoms with Crippen LogP contribution in [0.1, 0.15) is 11.6 Å². The molecule has 0 saturated heterocycles. The quantitative estimate of drug-likeness (QED) is 0.740. The van der Waals surface area contributed by atoms with Crippen LogP contribution < -0.4 is 14.8 Å². The van der Waals surface area contributed by atoms with Gasteiger partial charge in [0.15, 0.2) is 0 Å². The van der Waals surface area contributed by atoms with Crippen LogP contribution >= 0.6 is 0 Å². The highest BCUT2D eigenvalue weighted by atomic mass is 16.5. The van der Waals surface area contributed by atoms with E-state index in [0.717, 1.165) is 6.54 Å². The van der Waals surface area contributed by atoms with Crippen LogP contribution in [0.5, 0.6) is 11.5 Å². The van der Waals surface area contributed by atoms with E-state index in [1.807, 2.05) is 19.0 Å². The second-order valence-corrected chi connectivity index (χ2v) is 4.64. The molecular weight excluding hydrogens is 260 g/mol. The van der Waals surface area contributed by atoms with Crippen molar-refractivity contribution >= 4 is 5.97 Å². The first kappa shape index (κ1) is 16.3.